The molecule has 0 spiro atoms. The Balaban J connectivity index is 2.84. The second-order valence-corrected chi connectivity index (χ2v) is 3.45. The van der Waals surface area contributed by atoms with Gasteiger partial charge in [-0.15, -0.1) is 0 Å². The summed E-state index contributed by atoms with van der Waals surface area (Å²) in [5.41, 5.74) is 0.235. The average Bonchev–Trinajstić information content (AvgIpc) is 2.27. The van der Waals surface area contributed by atoms with Crippen LogP contribution in [0.4, 0.5) is 11.5 Å². The monoisotopic (exact) mass is 239 g/mol. The van der Waals surface area contributed by atoms with E-state index in [9.17, 15) is 14.9 Å². The smallest absolute Gasteiger partial charge is 0.328 e. The Bertz CT molecular complexity index is 447. The van der Waals surface area contributed by atoms with Crippen molar-refractivity contribution in [3.8, 4) is 0 Å². The van der Waals surface area contributed by atoms with Crippen molar-refractivity contribution in [1.82, 2.24) is 4.98 Å². The van der Waals surface area contributed by atoms with Crippen molar-refractivity contribution in [2.45, 2.75) is 19.9 Å². The van der Waals surface area contributed by atoms with E-state index in [2.05, 4.69) is 15.0 Å². The molecule has 1 aromatic heterocycles. The van der Waals surface area contributed by atoms with Crippen LogP contribution in [0.1, 0.15) is 12.6 Å². The van der Waals surface area contributed by atoms with Crippen LogP contribution < -0.4 is 5.32 Å². The van der Waals surface area contributed by atoms with E-state index < -0.39 is 16.9 Å². The van der Waals surface area contributed by atoms with E-state index in [-0.39, 0.29) is 11.4 Å². The summed E-state index contributed by atoms with van der Waals surface area (Å²) >= 11 is 0. The summed E-state index contributed by atoms with van der Waals surface area (Å²) in [7, 11) is 1.29. The molecule has 1 aromatic rings. The maximum absolute atomic E-state index is 11.2. The average molecular weight is 239 g/mol. The minimum atomic E-state index is -0.562. The number of methoxy groups -OCH3 is 1. The van der Waals surface area contributed by atoms with Crippen molar-refractivity contribution in [3.05, 3.63) is 27.9 Å². The minimum Gasteiger partial charge on any atom is -0.467 e. The highest BCUT2D eigenvalue weighted by atomic mass is 16.6. The number of rotatable bonds is 4. The maximum Gasteiger partial charge on any atom is 0.328 e. The number of anilines is 1. The van der Waals surface area contributed by atoms with E-state index in [1.54, 1.807) is 6.92 Å². The molecule has 1 atom stereocenters. The molecular formula is C10H13N3O4. The lowest BCUT2D eigenvalue weighted by molar-refractivity contribution is -0.385. The number of pyridine rings is 1. The number of hydrogen-bond acceptors (Lipinski definition) is 6. The van der Waals surface area contributed by atoms with E-state index in [0.29, 0.717) is 5.82 Å². The number of aromatic nitrogens is 1. The topological polar surface area (TPSA) is 94.4 Å². The summed E-state index contributed by atoms with van der Waals surface area (Å²) in [4.78, 5) is 25.2. The molecule has 92 valence electrons. The molecule has 0 bridgehead atoms. The summed E-state index contributed by atoms with van der Waals surface area (Å²) in [5, 5.41) is 13.4. The molecule has 1 unspecified atom stereocenters. The Kier molecular flexibility index (Phi) is 3.97. The van der Waals surface area contributed by atoms with Crippen LogP contribution in [0.2, 0.25) is 0 Å². The summed E-state index contributed by atoms with van der Waals surface area (Å²) in [5.74, 6) is -0.0335. The molecular weight excluding hydrogens is 226 g/mol. The number of carbonyl (C=O) groups excluding carboxylic acids is 1. The molecule has 0 aliphatic heterocycles. The largest absolute Gasteiger partial charge is 0.467 e. The zero-order valence-corrected chi connectivity index (χ0v) is 9.76. The van der Waals surface area contributed by atoms with Gasteiger partial charge in [0.25, 0.3) is 5.69 Å². The van der Waals surface area contributed by atoms with Gasteiger partial charge in [-0.25, -0.2) is 9.78 Å². The van der Waals surface area contributed by atoms with E-state index in [4.69, 9.17) is 0 Å². The highest BCUT2D eigenvalue weighted by Crippen LogP contribution is 2.18. The number of esters is 1. The van der Waals surface area contributed by atoms with Crippen LogP contribution in [0, 0.1) is 17.0 Å². The number of nitro groups is 1. The van der Waals surface area contributed by atoms with Gasteiger partial charge in [0.2, 0.25) is 0 Å². The second-order valence-electron chi connectivity index (χ2n) is 3.45. The summed E-state index contributed by atoms with van der Waals surface area (Å²) < 4.78 is 4.54. The van der Waals surface area contributed by atoms with Crippen LogP contribution in [-0.2, 0) is 9.53 Å². The third-order valence-electron chi connectivity index (χ3n) is 2.17. The number of nitrogens with zero attached hydrogens (tertiary/aromatic N) is 2. The lowest BCUT2D eigenvalue weighted by Gasteiger charge is -2.12. The lowest BCUT2D eigenvalue weighted by Crippen LogP contribution is -2.27. The highest BCUT2D eigenvalue weighted by molar-refractivity contribution is 5.78. The quantitative estimate of drug-likeness (QED) is 0.483. The maximum atomic E-state index is 11.2. The van der Waals surface area contributed by atoms with Gasteiger partial charge in [0.1, 0.15) is 17.6 Å². The molecule has 0 amide bonds. The molecule has 1 heterocycles. The van der Waals surface area contributed by atoms with Crippen molar-refractivity contribution in [2.75, 3.05) is 12.4 Å². The van der Waals surface area contributed by atoms with Gasteiger partial charge in [-0.1, -0.05) is 0 Å². The van der Waals surface area contributed by atoms with E-state index in [0.717, 1.165) is 0 Å². The number of hydrogen-bond donors (Lipinski definition) is 1. The Labute approximate surface area is 98.0 Å². The lowest BCUT2D eigenvalue weighted by atomic mass is 10.3. The zero-order chi connectivity index (χ0) is 13.0. The predicted octanol–water partition coefficient (Wildman–Crippen LogP) is 1.27. The van der Waals surface area contributed by atoms with Crippen molar-refractivity contribution in [3.63, 3.8) is 0 Å². The molecule has 0 fully saturated rings. The molecule has 0 saturated heterocycles. The van der Waals surface area contributed by atoms with Crippen molar-refractivity contribution < 1.29 is 14.5 Å². The SMILES string of the molecule is COC(=O)C(C)Nc1ccc([N+](=O)[O-])c(C)n1. The molecule has 0 aromatic carbocycles. The molecule has 0 aliphatic rings. The van der Waals surface area contributed by atoms with Gasteiger partial charge < -0.3 is 10.1 Å². The summed E-state index contributed by atoms with van der Waals surface area (Å²) in [6.07, 6.45) is 0. The molecule has 7 heteroatoms. The first kappa shape index (κ1) is 12.9. The van der Waals surface area contributed by atoms with E-state index >= 15 is 0 Å². The fourth-order valence-electron chi connectivity index (χ4n) is 1.28. The molecule has 7 nitrogen and oxygen atoms in total. The van der Waals surface area contributed by atoms with Gasteiger partial charge in [-0.2, -0.15) is 0 Å². The Hall–Kier alpha value is -2.18. The molecule has 0 aliphatic carbocycles. The fourth-order valence-corrected chi connectivity index (χ4v) is 1.28. The van der Waals surface area contributed by atoms with Crippen LogP contribution in [0.3, 0.4) is 0 Å². The van der Waals surface area contributed by atoms with Crippen LogP contribution in [0.25, 0.3) is 0 Å². The van der Waals surface area contributed by atoms with Gasteiger partial charge in [-0.05, 0) is 19.9 Å². The van der Waals surface area contributed by atoms with Gasteiger partial charge >= 0.3 is 5.97 Å². The summed E-state index contributed by atoms with van der Waals surface area (Å²) in [6.45, 7) is 3.15. The zero-order valence-electron chi connectivity index (χ0n) is 9.76. The van der Waals surface area contributed by atoms with E-state index in [1.807, 2.05) is 0 Å². The Morgan fingerprint density at radius 1 is 1.59 bits per heavy atom. The molecule has 17 heavy (non-hydrogen) atoms. The standard InChI is InChI=1S/C10H13N3O4/c1-6-8(13(15)16)4-5-9(11-6)12-7(2)10(14)17-3/h4-5,7H,1-3H3,(H,11,12). The van der Waals surface area contributed by atoms with Gasteiger partial charge in [0, 0.05) is 6.07 Å². The predicted molar refractivity (Wildman–Crippen MR) is 60.7 cm³/mol. The first-order chi connectivity index (χ1) is 7.95. The number of aryl methyl sites for hydroxylation is 1. The first-order valence-corrected chi connectivity index (χ1v) is 4.92. The van der Waals surface area contributed by atoms with Gasteiger partial charge in [0.15, 0.2) is 0 Å². The number of ether oxygens (including phenoxy) is 1. The fraction of sp³-hybridized carbons (Fsp3) is 0.400. The summed E-state index contributed by atoms with van der Waals surface area (Å²) in [6, 6.07) is 2.23. The molecule has 0 radical (unpaired) electrons. The van der Waals surface area contributed by atoms with Crippen LogP contribution >= 0.6 is 0 Å². The highest BCUT2D eigenvalue weighted by Gasteiger charge is 2.16. The molecule has 0 saturated carbocycles. The molecule has 1 N–H and O–H groups in total. The third-order valence-corrected chi connectivity index (χ3v) is 2.17. The number of nitrogens with one attached hydrogen (secondary N) is 1. The van der Waals surface area contributed by atoms with Crippen molar-refractivity contribution in [1.29, 1.82) is 0 Å². The van der Waals surface area contributed by atoms with Crippen molar-refractivity contribution in [2.24, 2.45) is 0 Å². The van der Waals surface area contributed by atoms with Gasteiger partial charge in [0.05, 0.1) is 12.0 Å². The van der Waals surface area contributed by atoms with Gasteiger partial charge in [-0.3, -0.25) is 10.1 Å². The van der Waals surface area contributed by atoms with Crippen molar-refractivity contribution >= 4 is 17.5 Å². The molecule has 1 rings (SSSR count). The normalized spacial score (nSPS) is 11.7. The van der Waals surface area contributed by atoms with E-state index in [1.165, 1.54) is 26.2 Å². The van der Waals surface area contributed by atoms with Crippen LogP contribution in [0.5, 0.6) is 0 Å². The minimum absolute atomic E-state index is 0.0544. The second kappa shape index (κ2) is 5.24. The Morgan fingerprint density at radius 2 is 2.24 bits per heavy atom. The van der Waals surface area contributed by atoms with Crippen LogP contribution in [-0.4, -0.2) is 29.0 Å². The number of carbonyl (C=O) groups is 1. The third kappa shape index (κ3) is 3.13. The first-order valence-electron chi connectivity index (χ1n) is 4.92. The Morgan fingerprint density at radius 3 is 2.71 bits per heavy atom. The van der Waals surface area contributed by atoms with Crippen LogP contribution in [0.15, 0.2) is 12.1 Å².